The molecule has 0 aromatic carbocycles. The molecular formula is C29H48Br2N2. The number of halogens is 2. The van der Waals surface area contributed by atoms with Crippen LogP contribution in [0.1, 0.15) is 110 Å². The number of hydrogen-bond donors (Lipinski definition) is 0. The van der Waals surface area contributed by atoms with E-state index in [0.29, 0.717) is 0 Å². The number of rotatable bonds is 12. The summed E-state index contributed by atoms with van der Waals surface area (Å²) >= 11 is 0. The lowest BCUT2D eigenvalue weighted by Crippen LogP contribution is -3.00. The first-order valence-electron chi connectivity index (χ1n) is 12.7. The minimum atomic E-state index is 0. The van der Waals surface area contributed by atoms with E-state index in [-0.39, 0.29) is 44.8 Å². The second-order valence-electron chi connectivity index (χ2n) is 11.3. The van der Waals surface area contributed by atoms with Gasteiger partial charge in [-0.3, -0.25) is 0 Å². The zero-order valence-corrected chi connectivity index (χ0v) is 25.2. The van der Waals surface area contributed by atoms with Crippen LogP contribution in [-0.2, 0) is 23.9 Å². The van der Waals surface area contributed by atoms with Gasteiger partial charge in [-0.2, -0.15) is 0 Å². The summed E-state index contributed by atoms with van der Waals surface area (Å²) in [4.78, 5) is 0. The molecular weight excluding hydrogens is 536 g/mol. The quantitative estimate of drug-likeness (QED) is 0.261. The van der Waals surface area contributed by atoms with Crippen molar-refractivity contribution in [2.75, 3.05) is 0 Å². The van der Waals surface area contributed by atoms with Crippen molar-refractivity contribution in [2.24, 2.45) is 0 Å². The van der Waals surface area contributed by atoms with Gasteiger partial charge in [-0.05, 0) is 34.8 Å². The third-order valence-corrected chi connectivity index (χ3v) is 6.35. The first kappa shape index (κ1) is 32.3. The van der Waals surface area contributed by atoms with Gasteiger partial charge in [0.2, 0.25) is 0 Å². The number of pyridine rings is 2. The average molecular weight is 585 g/mol. The Kier molecular flexibility index (Phi) is 15.7. The fraction of sp³-hybridized carbons (Fsp3) is 0.655. The van der Waals surface area contributed by atoms with Crippen molar-refractivity contribution < 1.29 is 43.1 Å². The third kappa shape index (κ3) is 13.1. The molecule has 2 heterocycles. The summed E-state index contributed by atoms with van der Waals surface area (Å²) in [5, 5.41) is 0. The Morgan fingerprint density at radius 2 is 0.697 bits per heavy atom. The monoisotopic (exact) mass is 582 g/mol. The van der Waals surface area contributed by atoms with Gasteiger partial charge < -0.3 is 34.0 Å². The van der Waals surface area contributed by atoms with E-state index in [2.05, 4.69) is 99.7 Å². The Hall–Kier alpha value is -0.740. The lowest BCUT2D eigenvalue weighted by atomic mass is 9.88. The van der Waals surface area contributed by atoms with Crippen molar-refractivity contribution in [1.82, 2.24) is 0 Å². The molecule has 2 rings (SSSR count). The van der Waals surface area contributed by atoms with Gasteiger partial charge in [0.15, 0.2) is 24.8 Å². The molecule has 2 aromatic heterocycles. The number of nitrogens with zero attached hydrogens (tertiary/aromatic N) is 2. The lowest BCUT2D eigenvalue weighted by molar-refractivity contribution is -0.697. The van der Waals surface area contributed by atoms with Crippen LogP contribution in [0.5, 0.6) is 0 Å². The summed E-state index contributed by atoms with van der Waals surface area (Å²) in [5.41, 5.74) is 3.33. The van der Waals surface area contributed by atoms with Gasteiger partial charge in [-0.1, -0.05) is 73.6 Å². The molecule has 0 saturated heterocycles. The summed E-state index contributed by atoms with van der Waals surface area (Å²) in [6, 6.07) is 9.11. The Morgan fingerprint density at radius 1 is 0.455 bits per heavy atom. The maximum absolute atomic E-state index is 2.34. The van der Waals surface area contributed by atoms with Gasteiger partial charge in [-0.25, -0.2) is 9.13 Å². The van der Waals surface area contributed by atoms with E-state index in [1.807, 2.05) is 0 Å². The van der Waals surface area contributed by atoms with Crippen LogP contribution in [0.4, 0.5) is 0 Å². The zero-order valence-electron chi connectivity index (χ0n) is 22.0. The standard InChI is InChI=1S/C29H48N2.2BrH/c1-28(2,3)26-16-22-30(23-17-26)20-14-12-10-8-7-9-11-13-15-21-31-24-18-27(19-25-31)29(4,5)6;;/h16-19,22-25H,7-15,20-21H2,1-6H3;2*1H/q+2;;/p-2. The molecule has 0 N–H and O–H groups in total. The normalized spacial score (nSPS) is 11.6. The van der Waals surface area contributed by atoms with Crippen LogP contribution < -0.4 is 43.1 Å². The third-order valence-electron chi connectivity index (χ3n) is 6.35. The lowest BCUT2D eigenvalue weighted by Gasteiger charge is -2.17. The minimum Gasteiger partial charge on any atom is -1.00 e. The Bertz CT molecular complexity index is 676. The maximum Gasteiger partial charge on any atom is 0.169 e. The van der Waals surface area contributed by atoms with Crippen molar-refractivity contribution >= 4 is 0 Å². The van der Waals surface area contributed by atoms with Crippen LogP contribution in [0.15, 0.2) is 49.1 Å². The predicted molar refractivity (Wildman–Crippen MR) is 132 cm³/mol. The molecule has 0 amide bonds. The molecule has 0 aliphatic rings. The molecule has 0 radical (unpaired) electrons. The predicted octanol–water partition coefficient (Wildman–Crippen LogP) is 1.08. The molecule has 33 heavy (non-hydrogen) atoms. The van der Waals surface area contributed by atoms with E-state index < -0.39 is 0 Å². The molecule has 188 valence electrons. The molecule has 0 aliphatic carbocycles. The van der Waals surface area contributed by atoms with Gasteiger partial charge in [0.25, 0.3) is 0 Å². The smallest absolute Gasteiger partial charge is 0.169 e. The van der Waals surface area contributed by atoms with Crippen LogP contribution >= 0.6 is 0 Å². The largest absolute Gasteiger partial charge is 1.00 e. The maximum atomic E-state index is 2.34. The van der Waals surface area contributed by atoms with Crippen molar-refractivity contribution in [3.8, 4) is 0 Å². The fourth-order valence-electron chi connectivity index (χ4n) is 4.04. The summed E-state index contributed by atoms with van der Waals surface area (Å²) < 4.78 is 4.67. The van der Waals surface area contributed by atoms with Gasteiger partial charge in [-0.15, -0.1) is 0 Å². The first-order valence-corrected chi connectivity index (χ1v) is 12.7. The molecule has 0 saturated carbocycles. The average Bonchev–Trinajstić information content (AvgIpc) is 2.71. The molecule has 0 aliphatic heterocycles. The molecule has 2 nitrogen and oxygen atoms in total. The summed E-state index contributed by atoms with van der Waals surface area (Å²) in [7, 11) is 0. The van der Waals surface area contributed by atoms with Gasteiger partial charge in [0, 0.05) is 37.1 Å². The van der Waals surface area contributed by atoms with Gasteiger partial charge >= 0.3 is 0 Å². The number of aromatic nitrogens is 2. The number of aryl methyl sites for hydroxylation is 2. The van der Waals surface area contributed by atoms with E-state index in [4.69, 9.17) is 0 Å². The van der Waals surface area contributed by atoms with E-state index in [1.54, 1.807) is 0 Å². The summed E-state index contributed by atoms with van der Waals surface area (Å²) in [6.45, 7) is 16.0. The van der Waals surface area contributed by atoms with Crippen molar-refractivity contribution in [3.63, 3.8) is 0 Å². The Labute approximate surface area is 225 Å². The van der Waals surface area contributed by atoms with Crippen molar-refractivity contribution in [1.29, 1.82) is 0 Å². The van der Waals surface area contributed by atoms with Crippen LogP contribution in [0.2, 0.25) is 0 Å². The van der Waals surface area contributed by atoms with Crippen molar-refractivity contribution in [2.45, 2.75) is 123 Å². The van der Waals surface area contributed by atoms with Crippen LogP contribution in [-0.4, -0.2) is 0 Å². The SMILES string of the molecule is CC(C)(C)c1cc[n+](CCCCCCCCCCC[n+]2ccc(C(C)(C)C)cc2)cc1.[Br-].[Br-]. The highest BCUT2D eigenvalue weighted by atomic mass is 79.9. The minimum absolute atomic E-state index is 0. The molecule has 0 spiro atoms. The summed E-state index contributed by atoms with van der Waals surface area (Å²) in [5.74, 6) is 0. The molecule has 0 atom stereocenters. The topological polar surface area (TPSA) is 7.76 Å². The molecule has 0 fully saturated rings. The highest BCUT2D eigenvalue weighted by Gasteiger charge is 2.15. The van der Waals surface area contributed by atoms with E-state index in [0.717, 1.165) is 13.1 Å². The number of unbranched alkanes of at least 4 members (excludes halogenated alkanes) is 8. The van der Waals surface area contributed by atoms with Crippen LogP contribution in [0, 0.1) is 0 Å². The molecule has 0 unspecified atom stereocenters. The van der Waals surface area contributed by atoms with Gasteiger partial charge in [0.05, 0.1) is 0 Å². The molecule has 0 bridgehead atoms. The van der Waals surface area contributed by atoms with E-state index in [1.165, 1.54) is 68.9 Å². The highest BCUT2D eigenvalue weighted by Crippen LogP contribution is 2.21. The fourth-order valence-corrected chi connectivity index (χ4v) is 4.04. The van der Waals surface area contributed by atoms with E-state index in [9.17, 15) is 0 Å². The highest BCUT2D eigenvalue weighted by molar-refractivity contribution is 5.18. The first-order chi connectivity index (χ1) is 14.7. The van der Waals surface area contributed by atoms with Crippen LogP contribution in [0.25, 0.3) is 0 Å². The van der Waals surface area contributed by atoms with Crippen LogP contribution in [0.3, 0.4) is 0 Å². The molecule has 2 aromatic rings. The number of hydrogen-bond acceptors (Lipinski definition) is 0. The Morgan fingerprint density at radius 3 is 0.939 bits per heavy atom. The Balaban J connectivity index is 0.00000512. The summed E-state index contributed by atoms with van der Waals surface area (Å²) in [6.07, 6.45) is 21.3. The van der Waals surface area contributed by atoms with E-state index >= 15 is 0 Å². The van der Waals surface area contributed by atoms with Gasteiger partial charge in [0.1, 0.15) is 13.1 Å². The van der Waals surface area contributed by atoms with Crippen molar-refractivity contribution in [3.05, 3.63) is 60.2 Å². The molecule has 4 heteroatoms. The second-order valence-corrected chi connectivity index (χ2v) is 11.3. The second kappa shape index (κ2) is 16.0. The zero-order chi connectivity index (χ0) is 22.7.